The van der Waals surface area contributed by atoms with E-state index in [2.05, 4.69) is 22.3 Å². The van der Waals surface area contributed by atoms with Gasteiger partial charge in [-0.3, -0.25) is 4.68 Å². The molecule has 186 valence electrons. The molecule has 1 unspecified atom stereocenters. The first-order valence-corrected chi connectivity index (χ1v) is 13.0. The number of rotatable bonds is 3. The van der Waals surface area contributed by atoms with Crippen molar-refractivity contribution < 1.29 is 13.2 Å². The molecule has 0 bridgehead atoms. The number of anilines is 1. The van der Waals surface area contributed by atoms with Gasteiger partial charge in [0.1, 0.15) is 5.82 Å². The van der Waals surface area contributed by atoms with Crippen molar-refractivity contribution in [2.24, 2.45) is 5.92 Å². The van der Waals surface area contributed by atoms with Gasteiger partial charge in [-0.15, -0.1) is 0 Å². The number of alkyl halides is 3. The largest absolute Gasteiger partial charge is 0.419 e. The van der Waals surface area contributed by atoms with E-state index in [4.69, 9.17) is 5.73 Å². The van der Waals surface area contributed by atoms with Crippen molar-refractivity contribution in [1.29, 1.82) is 0 Å². The number of hydrogen-bond donors (Lipinski definition) is 2. The first-order valence-electron chi connectivity index (χ1n) is 11.9. The van der Waals surface area contributed by atoms with Gasteiger partial charge in [0.15, 0.2) is 0 Å². The molecule has 5 nitrogen and oxygen atoms in total. The fourth-order valence-corrected chi connectivity index (χ4v) is 4.97. The average Bonchev–Trinajstić information content (AvgIpc) is 3.42. The Bertz CT molecular complexity index is 851. The molecule has 2 aromatic rings. The Morgan fingerprint density at radius 1 is 1.15 bits per heavy atom. The number of nitrogens with two attached hydrogens (primary N) is 1. The average molecular weight is 486 g/mol. The van der Waals surface area contributed by atoms with Crippen molar-refractivity contribution >= 4 is 17.6 Å². The van der Waals surface area contributed by atoms with E-state index in [1.165, 1.54) is 43.6 Å². The van der Waals surface area contributed by atoms with Gasteiger partial charge in [-0.05, 0) is 38.3 Å². The topological polar surface area (TPSA) is 68.8 Å². The number of nitrogen functional groups attached to an aromatic ring is 1. The van der Waals surface area contributed by atoms with Crippen molar-refractivity contribution in [3.8, 4) is 11.3 Å². The molecule has 1 saturated heterocycles. The Morgan fingerprint density at radius 3 is 2.27 bits per heavy atom. The molecule has 0 aromatic carbocycles. The van der Waals surface area contributed by atoms with Crippen LogP contribution in [0.2, 0.25) is 0 Å². The van der Waals surface area contributed by atoms with Gasteiger partial charge >= 0.3 is 6.18 Å². The Balaban J connectivity index is 0.000000411. The van der Waals surface area contributed by atoms with Gasteiger partial charge in [0.25, 0.3) is 0 Å². The second-order valence-corrected chi connectivity index (χ2v) is 9.75. The van der Waals surface area contributed by atoms with Gasteiger partial charge in [0.2, 0.25) is 0 Å². The van der Waals surface area contributed by atoms with Crippen LogP contribution in [0.4, 0.5) is 19.0 Å². The van der Waals surface area contributed by atoms with Crippen LogP contribution in [0.15, 0.2) is 18.3 Å². The Hall–Kier alpha value is -1.74. The van der Waals surface area contributed by atoms with E-state index in [9.17, 15) is 13.2 Å². The first-order chi connectivity index (χ1) is 15.7. The fraction of sp³-hybridized carbons (Fsp3) is 0.667. The van der Waals surface area contributed by atoms with Crippen LogP contribution >= 0.6 is 11.8 Å². The smallest absolute Gasteiger partial charge is 0.383 e. The molecule has 0 radical (unpaired) electrons. The van der Waals surface area contributed by atoms with Crippen molar-refractivity contribution in [2.75, 3.05) is 30.3 Å². The number of pyridine rings is 1. The van der Waals surface area contributed by atoms with E-state index in [0.29, 0.717) is 23.1 Å². The zero-order valence-electron chi connectivity index (χ0n) is 20.4. The maximum absolute atomic E-state index is 13.1. The Labute approximate surface area is 200 Å². The van der Waals surface area contributed by atoms with Crippen LogP contribution in [0, 0.1) is 5.92 Å². The fourth-order valence-electron chi connectivity index (χ4n) is 4.18. The van der Waals surface area contributed by atoms with Crippen molar-refractivity contribution in [3.05, 3.63) is 29.6 Å². The highest BCUT2D eigenvalue weighted by molar-refractivity contribution is 7.99. The Morgan fingerprint density at radius 2 is 1.82 bits per heavy atom. The number of nitrogens with zero attached hydrogens (tertiary/aromatic N) is 3. The van der Waals surface area contributed by atoms with Crippen molar-refractivity contribution in [3.63, 3.8) is 0 Å². The minimum Gasteiger partial charge on any atom is -0.383 e. The van der Waals surface area contributed by atoms with E-state index >= 15 is 0 Å². The number of aromatic nitrogens is 3. The second-order valence-electron chi connectivity index (χ2n) is 8.52. The second kappa shape index (κ2) is 12.6. The summed E-state index contributed by atoms with van der Waals surface area (Å²) in [5, 5.41) is 7.84. The highest BCUT2D eigenvalue weighted by Gasteiger charge is 2.35. The highest BCUT2D eigenvalue weighted by atomic mass is 32.2. The number of halogens is 3. The van der Waals surface area contributed by atoms with Gasteiger partial charge in [-0.1, -0.05) is 33.6 Å². The Kier molecular flexibility index (Phi) is 10.5. The summed E-state index contributed by atoms with van der Waals surface area (Å²) < 4.78 is 41.3. The summed E-state index contributed by atoms with van der Waals surface area (Å²) in [7, 11) is 0. The molecular weight excluding hydrogens is 447 g/mol. The molecule has 0 amide bonds. The van der Waals surface area contributed by atoms with Gasteiger partial charge in [-0.25, -0.2) is 4.98 Å². The van der Waals surface area contributed by atoms with E-state index in [0.717, 1.165) is 18.2 Å². The molecule has 1 aliphatic carbocycles. The molecule has 2 aliphatic rings. The van der Waals surface area contributed by atoms with Gasteiger partial charge in [-0.2, -0.15) is 30.0 Å². The third-order valence-electron chi connectivity index (χ3n) is 5.86. The van der Waals surface area contributed by atoms with E-state index in [1.54, 1.807) is 0 Å². The van der Waals surface area contributed by atoms with Gasteiger partial charge < -0.3 is 11.1 Å². The molecular formula is C24H38F3N5S. The highest BCUT2D eigenvalue weighted by Crippen LogP contribution is 2.41. The lowest BCUT2D eigenvalue weighted by Gasteiger charge is -2.19. The molecule has 9 heteroatoms. The minimum absolute atomic E-state index is 0.139. The molecule has 0 spiro atoms. The standard InChI is InChI=1S/C18H23F3N4.C4H9NS.C2H6/c1-10(2)25-16(13-6-4-5-11(13)3)8-15(24-25)12-7-14(18(19,20)21)17(22)23-9-12;1-3-6-4-2-5-1;1-2/h7-11,13H,4-6H2,1-3H3,(H2,22,23);5H,1-4H2;1-2H3/t11?,13-;;/m1../s1. The monoisotopic (exact) mass is 485 g/mol. The van der Waals surface area contributed by atoms with Crippen molar-refractivity contribution in [2.45, 2.75) is 72.0 Å². The molecule has 33 heavy (non-hydrogen) atoms. The third-order valence-corrected chi connectivity index (χ3v) is 6.85. The van der Waals surface area contributed by atoms with Crippen LogP contribution in [0.1, 0.15) is 77.1 Å². The van der Waals surface area contributed by atoms with Crippen LogP contribution in [0.3, 0.4) is 0 Å². The molecule has 1 saturated carbocycles. The number of nitrogens with one attached hydrogen (secondary N) is 1. The maximum atomic E-state index is 13.1. The molecule has 2 atom stereocenters. The summed E-state index contributed by atoms with van der Waals surface area (Å²) in [5.41, 5.74) is 6.43. The van der Waals surface area contributed by atoms with Crippen LogP contribution in [-0.2, 0) is 6.18 Å². The SMILES string of the molecule is C1CSCCN1.CC.CC1CCC[C@H]1c1cc(-c2cnc(N)c(C(F)(F)F)c2)nn1C(C)C. The number of hydrogen-bond acceptors (Lipinski definition) is 5. The molecule has 4 rings (SSSR count). The van der Waals surface area contributed by atoms with Gasteiger partial charge in [0, 0.05) is 54.0 Å². The summed E-state index contributed by atoms with van der Waals surface area (Å²) in [6.45, 7) is 12.7. The van der Waals surface area contributed by atoms with E-state index in [1.807, 2.05) is 50.2 Å². The molecule has 2 fully saturated rings. The maximum Gasteiger partial charge on any atom is 0.419 e. The van der Waals surface area contributed by atoms with E-state index < -0.39 is 17.6 Å². The lowest BCUT2D eigenvalue weighted by atomic mass is 9.93. The zero-order valence-corrected chi connectivity index (χ0v) is 21.2. The number of thioether (sulfide) groups is 1. The molecule has 3 N–H and O–H groups in total. The molecule has 2 aromatic heterocycles. The minimum atomic E-state index is -4.53. The summed E-state index contributed by atoms with van der Waals surface area (Å²) in [4.78, 5) is 3.73. The predicted octanol–water partition coefficient (Wildman–Crippen LogP) is 6.38. The summed E-state index contributed by atoms with van der Waals surface area (Å²) in [6.07, 6.45) is 0.264. The molecule has 3 heterocycles. The summed E-state index contributed by atoms with van der Waals surface area (Å²) >= 11 is 2.03. The molecule has 1 aliphatic heterocycles. The lowest BCUT2D eigenvalue weighted by Crippen LogP contribution is -2.24. The predicted molar refractivity (Wildman–Crippen MR) is 133 cm³/mol. The normalized spacial score (nSPS) is 20.6. The zero-order chi connectivity index (χ0) is 24.6. The first kappa shape index (κ1) is 27.5. The van der Waals surface area contributed by atoms with Crippen LogP contribution in [0.5, 0.6) is 0 Å². The summed E-state index contributed by atoms with van der Waals surface area (Å²) in [5.74, 6) is 3.05. The van der Waals surface area contributed by atoms with Gasteiger partial charge in [0.05, 0.1) is 11.3 Å². The van der Waals surface area contributed by atoms with Crippen molar-refractivity contribution in [1.82, 2.24) is 20.1 Å². The third kappa shape index (κ3) is 7.37. The van der Waals surface area contributed by atoms with Crippen LogP contribution in [0.25, 0.3) is 11.3 Å². The lowest BCUT2D eigenvalue weighted by molar-refractivity contribution is -0.137. The van der Waals surface area contributed by atoms with Crippen LogP contribution in [-0.4, -0.2) is 39.4 Å². The van der Waals surface area contributed by atoms with Crippen LogP contribution < -0.4 is 11.1 Å². The van der Waals surface area contributed by atoms with E-state index in [-0.39, 0.29) is 6.04 Å². The summed E-state index contributed by atoms with van der Waals surface area (Å²) in [6, 6.07) is 3.09. The quantitative estimate of drug-likeness (QED) is 0.528.